The molecule has 12 nitrogen and oxygen atoms in total. The lowest BCUT2D eigenvalue weighted by Gasteiger charge is -2.39. The number of methoxy groups -OCH3 is 2. The van der Waals surface area contributed by atoms with E-state index in [4.69, 9.17) is 24.7 Å². The number of fused-ring (bicyclic) bond motifs is 10. The number of aliphatic hydroxyl groups excluding tert-OH is 1. The van der Waals surface area contributed by atoms with E-state index < -0.39 is 48.5 Å². The number of carbonyl (C=O) groups excluding carboxylic acids is 4. The Morgan fingerprint density at radius 3 is 2.48 bits per heavy atom. The minimum Gasteiger partial charge on any atom is -0.439 e. The van der Waals surface area contributed by atoms with Crippen molar-refractivity contribution in [2.45, 2.75) is 77.2 Å². The molecular weight excluding hydrogens is 570 g/mol. The molecule has 5 aliphatic rings. The van der Waals surface area contributed by atoms with Crippen molar-refractivity contribution < 1.29 is 43.2 Å². The van der Waals surface area contributed by atoms with Crippen LogP contribution in [0.2, 0.25) is 0 Å². The maximum absolute atomic E-state index is 13.8. The van der Waals surface area contributed by atoms with Crippen LogP contribution < -0.4 is 11.1 Å². The van der Waals surface area contributed by atoms with Gasteiger partial charge in [-0.3, -0.25) is 14.4 Å². The highest BCUT2D eigenvalue weighted by atomic mass is 16.6. The summed E-state index contributed by atoms with van der Waals surface area (Å²) >= 11 is 0. The van der Waals surface area contributed by atoms with Gasteiger partial charge in [0.25, 0.3) is 5.91 Å². The first-order valence-corrected chi connectivity index (χ1v) is 15.0. The van der Waals surface area contributed by atoms with Crippen LogP contribution in [-0.2, 0) is 33.3 Å². The van der Waals surface area contributed by atoms with Crippen LogP contribution in [-0.4, -0.2) is 91.6 Å². The molecule has 4 heterocycles. The van der Waals surface area contributed by atoms with E-state index in [-0.39, 0.29) is 40.9 Å². The molecule has 1 saturated heterocycles. The predicted molar refractivity (Wildman–Crippen MR) is 160 cm³/mol. The lowest BCUT2D eigenvalue weighted by atomic mass is 9.84. The molecule has 240 valence electrons. The van der Waals surface area contributed by atoms with Crippen LogP contribution in [0.5, 0.6) is 0 Å². The smallest absolute Gasteiger partial charge is 0.405 e. The maximum atomic E-state index is 13.8. The number of allylic oxidation sites excluding steroid dienone is 4. The number of ether oxygens (including phenoxy) is 4. The van der Waals surface area contributed by atoms with Gasteiger partial charge in [-0.2, -0.15) is 0 Å². The lowest BCUT2D eigenvalue weighted by Crippen LogP contribution is -2.47. The Morgan fingerprint density at radius 1 is 1.14 bits per heavy atom. The summed E-state index contributed by atoms with van der Waals surface area (Å²) in [6.45, 7) is 6.77. The van der Waals surface area contributed by atoms with Gasteiger partial charge in [-0.15, -0.1) is 0 Å². The Kier molecular flexibility index (Phi) is 11.0. The normalized spacial score (nSPS) is 34.2. The zero-order valence-electron chi connectivity index (χ0n) is 25.9. The Bertz CT molecular complexity index is 1310. The van der Waals surface area contributed by atoms with Gasteiger partial charge in [0.2, 0.25) is 11.6 Å². The molecular formula is C32H43N3O9. The van der Waals surface area contributed by atoms with Crippen LogP contribution in [0.15, 0.2) is 58.5 Å². The van der Waals surface area contributed by atoms with E-state index in [1.54, 1.807) is 26.2 Å². The summed E-state index contributed by atoms with van der Waals surface area (Å²) in [6, 6.07) is 0. The monoisotopic (exact) mass is 613 g/mol. The minimum atomic E-state index is -1.46. The molecule has 0 saturated carbocycles. The van der Waals surface area contributed by atoms with Crippen LogP contribution in [0.4, 0.5) is 4.79 Å². The van der Waals surface area contributed by atoms with Gasteiger partial charge < -0.3 is 40.0 Å². The van der Waals surface area contributed by atoms with Crippen LogP contribution in [0.3, 0.4) is 0 Å². The van der Waals surface area contributed by atoms with Crippen molar-refractivity contribution in [3.63, 3.8) is 0 Å². The second kappa shape index (κ2) is 14.5. The van der Waals surface area contributed by atoms with E-state index >= 15 is 0 Å². The fourth-order valence-electron chi connectivity index (χ4n) is 6.30. The highest BCUT2D eigenvalue weighted by molar-refractivity contribution is 6.23. The van der Waals surface area contributed by atoms with Crippen LogP contribution in [0.1, 0.15) is 46.5 Å². The van der Waals surface area contributed by atoms with Crippen molar-refractivity contribution >= 4 is 23.6 Å². The number of Topliss-reactive ketones (excluding diaryl/α,β-unsaturated/α-hetero) is 1. The number of primary amides is 1. The summed E-state index contributed by atoms with van der Waals surface area (Å²) < 4.78 is 22.9. The largest absolute Gasteiger partial charge is 0.439 e. The number of rotatable bonds is 4. The van der Waals surface area contributed by atoms with Crippen molar-refractivity contribution in [3.05, 3.63) is 58.5 Å². The molecule has 44 heavy (non-hydrogen) atoms. The minimum absolute atomic E-state index is 0.0718. The fourth-order valence-corrected chi connectivity index (χ4v) is 6.30. The average molecular weight is 614 g/mol. The van der Waals surface area contributed by atoms with E-state index in [1.807, 2.05) is 18.7 Å². The average Bonchev–Trinajstić information content (AvgIpc) is 3.50. The molecule has 1 aliphatic carbocycles. The number of aliphatic hydroxyl groups is 1. The zero-order chi connectivity index (χ0) is 32.1. The van der Waals surface area contributed by atoms with Gasteiger partial charge >= 0.3 is 6.09 Å². The number of amides is 2. The van der Waals surface area contributed by atoms with Gasteiger partial charge in [-0.05, 0) is 38.5 Å². The number of ketones is 2. The molecule has 4 aliphatic heterocycles. The quantitative estimate of drug-likeness (QED) is 0.316. The topological polar surface area (TPSA) is 167 Å². The lowest BCUT2D eigenvalue weighted by molar-refractivity contribution is -0.182. The SMILES string of the molecule is CO[C@H]1C[C@H](C)CC2=C(N3CCCC3)C(=O)C=C(NC(=O)/C(C)=C/C=C\[C@H](OC)[C@@H](OC(N)=O)C3=CC(C)C1OC3O)C2=O. The molecule has 3 unspecified atom stereocenters. The summed E-state index contributed by atoms with van der Waals surface area (Å²) in [5.74, 6) is -1.70. The summed E-state index contributed by atoms with van der Waals surface area (Å²) in [7, 11) is 2.95. The highest BCUT2D eigenvalue weighted by Crippen LogP contribution is 2.35. The number of carbonyl (C=O) groups is 4. The number of likely N-dealkylation sites (tertiary alicyclic amines) is 1. The van der Waals surface area contributed by atoms with Gasteiger partial charge in [-0.25, -0.2) is 4.79 Å². The molecule has 0 radical (unpaired) electrons. The van der Waals surface area contributed by atoms with Gasteiger partial charge in [0.05, 0.1) is 23.6 Å². The van der Waals surface area contributed by atoms with E-state index in [1.165, 1.54) is 25.3 Å². The first kappa shape index (κ1) is 33.3. The van der Waals surface area contributed by atoms with E-state index in [0.29, 0.717) is 30.8 Å². The van der Waals surface area contributed by atoms with Gasteiger partial charge in [0.15, 0.2) is 12.4 Å². The number of nitrogens with two attached hydrogens (primary N) is 1. The van der Waals surface area contributed by atoms with Gasteiger partial charge in [0.1, 0.15) is 6.10 Å². The molecule has 1 fully saturated rings. The summed E-state index contributed by atoms with van der Waals surface area (Å²) in [5, 5.41) is 13.7. The molecule has 5 rings (SSSR count). The Labute approximate surface area is 257 Å². The number of hydrogen-bond acceptors (Lipinski definition) is 10. The van der Waals surface area contributed by atoms with Crippen molar-refractivity contribution in [1.29, 1.82) is 0 Å². The first-order valence-electron chi connectivity index (χ1n) is 15.0. The van der Waals surface area contributed by atoms with Crippen molar-refractivity contribution in [1.82, 2.24) is 10.2 Å². The van der Waals surface area contributed by atoms with Crippen LogP contribution in [0.25, 0.3) is 0 Å². The number of nitrogens with one attached hydrogen (secondary N) is 1. The van der Waals surface area contributed by atoms with Crippen molar-refractivity contribution in [3.8, 4) is 0 Å². The second-order valence-electron chi connectivity index (χ2n) is 11.8. The molecule has 0 aromatic carbocycles. The summed E-state index contributed by atoms with van der Waals surface area (Å²) in [6.07, 6.45) is 4.48. The van der Waals surface area contributed by atoms with E-state index in [9.17, 15) is 24.3 Å². The third-order valence-electron chi connectivity index (χ3n) is 8.53. The number of hydrogen-bond donors (Lipinski definition) is 3. The highest BCUT2D eigenvalue weighted by Gasteiger charge is 2.41. The molecule has 0 spiro atoms. The maximum Gasteiger partial charge on any atom is 0.405 e. The van der Waals surface area contributed by atoms with Crippen molar-refractivity contribution in [2.24, 2.45) is 17.6 Å². The number of nitrogens with zero attached hydrogens (tertiary/aromatic N) is 1. The predicted octanol–water partition coefficient (Wildman–Crippen LogP) is 2.19. The molecule has 12 heteroatoms. The molecule has 0 aromatic heterocycles. The Hall–Kier alpha value is -3.58. The third kappa shape index (κ3) is 7.37. The zero-order valence-corrected chi connectivity index (χ0v) is 25.9. The molecule has 4 N–H and O–H groups in total. The Morgan fingerprint density at radius 2 is 1.84 bits per heavy atom. The van der Waals surface area contributed by atoms with Crippen molar-refractivity contribution in [2.75, 3.05) is 27.3 Å². The molecule has 2 amide bonds. The van der Waals surface area contributed by atoms with Gasteiger partial charge in [-0.1, -0.05) is 38.2 Å². The van der Waals surface area contributed by atoms with E-state index in [0.717, 1.165) is 12.8 Å². The third-order valence-corrected chi connectivity index (χ3v) is 8.53. The Balaban J connectivity index is 1.78. The second-order valence-corrected chi connectivity index (χ2v) is 11.8. The summed E-state index contributed by atoms with van der Waals surface area (Å²) in [5.41, 5.74) is 6.56. The first-order chi connectivity index (χ1) is 20.9. The van der Waals surface area contributed by atoms with Crippen LogP contribution >= 0.6 is 0 Å². The van der Waals surface area contributed by atoms with Crippen LogP contribution in [0, 0.1) is 11.8 Å². The van der Waals surface area contributed by atoms with Gasteiger partial charge in [0, 0.05) is 56.0 Å². The standard InChI is InChI=1S/C32H43N3O9/c1-17-13-20-26(35-11-6-7-12-35)23(36)16-22(27(20)37)34-30(38)18(2)9-8-10-24(41-4)29(44-32(33)40)21-15-19(3)28(43-31(21)39)25(14-17)42-5/h8-10,15-17,19,24-25,28-29,31,39H,6-7,11-14H2,1-5H3,(H2,33,40)(H,34,38)/b10-8-,18-9+/t17-,19?,24+,25+,28?,29+,31?/m1/s1. The fraction of sp³-hybridized carbons (Fsp3) is 0.562. The molecule has 4 bridgehead atoms. The van der Waals surface area contributed by atoms with E-state index in [2.05, 4.69) is 5.32 Å². The summed E-state index contributed by atoms with van der Waals surface area (Å²) in [4.78, 5) is 54.2. The molecule has 7 atom stereocenters. The molecule has 0 aromatic rings.